The third-order valence-corrected chi connectivity index (χ3v) is 10.8. The predicted octanol–water partition coefficient (Wildman–Crippen LogP) is 12.9. The van der Waals surface area contributed by atoms with E-state index >= 15 is 0 Å². The first-order chi connectivity index (χ1) is 24.2. The van der Waals surface area contributed by atoms with E-state index in [1.165, 1.54) is 36.9 Å². The van der Waals surface area contributed by atoms with Gasteiger partial charge in [0.1, 0.15) is 16.8 Å². The van der Waals surface area contributed by atoms with Crippen LogP contribution in [0.5, 0.6) is 0 Å². The van der Waals surface area contributed by atoms with Crippen molar-refractivity contribution in [3.63, 3.8) is 0 Å². The summed E-state index contributed by atoms with van der Waals surface area (Å²) < 4.78 is 9.25. The summed E-state index contributed by atoms with van der Waals surface area (Å²) in [7, 11) is 0. The quantitative estimate of drug-likeness (QED) is 0.191. The van der Waals surface area contributed by atoms with Crippen LogP contribution in [0.25, 0.3) is 97.9 Å². The molecule has 7 aromatic carbocycles. The topological polar surface area (TPSA) is 38.9 Å². The van der Waals surface area contributed by atoms with Gasteiger partial charge in [0, 0.05) is 31.3 Å². The lowest BCUT2D eigenvalue weighted by atomic mass is 9.96. The highest BCUT2D eigenvalue weighted by Gasteiger charge is 2.20. The molecule has 4 heteroatoms. The minimum atomic E-state index is 0.682. The maximum absolute atomic E-state index is 6.62. The Morgan fingerprint density at radius 1 is 0.531 bits per heavy atom. The summed E-state index contributed by atoms with van der Waals surface area (Å²) in [5.41, 5.74) is 11.0. The highest BCUT2D eigenvalue weighted by molar-refractivity contribution is 7.26. The Kier molecular flexibility index (Phi) is 6.27. The lowest BCUT2D eigenvalue weighted by Gasteiger charge is -2.10. The van der Waals surface area contributed by atoms with Gasteiger partial charge in [-0.15, -0.1) is 11.3 Å². The van der Waals surface area contributed by atoms with Crippen LogP contribution in [0.2, 0.25) is 0 Å². The van der Waals surface area contributed by atoms with Gasteiger partial charge in [0.2, 0.25) is 0 Å². The van der Waals surface area contributed by atoms with Crippen LogP contribution in [0, 0.1) is 6.92 Å². The van der Waals surface area contributed by atoms with Crippen molar-refractivity contribution in [2.75, 3.05) is 0 Å². The molecule has 0 bridgehead atoms. The Balaban J connectivity index is 1.15. The number of hydrogen-bond donors (Lipinski definition) is 0. The van der Waals surface area contributed by atoms with E-state index in [1.54, 1.807) is 0 Å². The zero-order valence-electron chi connectivity index (χ0n) is 26.6. The average molecular weight is 645 g/mol. The zero-order valence-corrected chi connectivity index (χ0v) is 27.5. The van der Waals surface area contributed by atoms with Crippen LogP contribution in [-0.2, 0) is 0 Å². The number of benzene rings is 7. The molecule has 0 amide bonds. The first kappa shape index (κ1) is 28.0. The lowest BCUT2D eigenvalue weighted by molar-refractivity contribution is 0.667. The number of thiophene rings is 1. The molecular formula is C45H28N2OS. The van der Waals surface area contributed by atoms with Crippen LogP contribution in [0.3, 0.4) is 0 Å². The Morgan fingerprint density at radius 2 is 1.22 bits per heavy atom. The smallest absolute Gasteiger partial charge is 0.180 e. The van der Waals surface area contributed by atoms with Gasteiger partial charge >= 0.3 is 0 Å². The van der Waals surface area contributed by atoms with E-state index in [1.807, 2.05) is 17.4 Å². The molecule has 0 spiro atoms. The number of fused-ring (bicyclic) bond motifs is 8. The summed E-state index contributed by atoms with van der Waals surface area (Å²) in [6, 6.07) is 53.8. The van der Waals surface area contributed by atoms with Crippen molar-refractivity contribution in [2.24, 2.45) is 0 Å². The van der Waals surface area contributed by atoms with Crippen LogP contribution >= 0.6 is 11.3 Å². The molecule has 10 rings (SSSR count). The summed E-state index contributed by atoms with van der Waals surface area (Å²) in [4.78, 5) is 10.4. The van der Waals surface area contributed by atoms with Crippen LogP contribution < -0.4 is 0 Å². The largest absolute Gasteiger partial charge is 0.452 e. The Hall–Kier alpha value is -6.10. The lowest BCUT2D eigenvalue weighted by Crippen LogP contribution is -1.94. The molecule has 3 heterocycles. The summed E-state index contributed by atoms with van der Waals surface area (Å²) in [5, 5.41) is 5.92. The maximum Gasteiger partial charge on any atom is 0.180 e. The normalized spacial score (nSPS) is 11.8. The third kappa shape index (κ3) is 4.56. The van der Waals surface area contributed by atoms with E-state index in [-0.39, 0.29) is 0 Å². The maximum atomic E-state index is 6.62. The van der Waals surface area contributed by atoms with Gasteiger partial charge < -0.3 is 4.42 Å². The molecule has 0 aliphatic rings. The van der Waals surface area contributed by atoms with Crippen molar-refractivity contribution in [3.05, 3.63) is 157 Å². The summed E-state index contributed by atoms with van der Waals surface area (Å²) in [6.07, 6.45) is 0. The molecule has 0 atom stereocenters. The number of aryl methyl sites for hydroxylation is 1. The highest BCUT2D eigenvalue weighted by atomic mass is 32.1. The second kappa shape index (κ2) is 11.0. The third-order valence-electron chi connectivity index (χ3n) is 9.56. The van der Waals surface area contributed by atoms with Crippen molar-refractivity contribution in [1.29, 1.82) is 0 Å². The molecule has 0 aliphatic carbocycles. The van der Waals surface area contributed by atoms with Crippen LogP contribution in [-0.4, -0.2) is 9.97 Å². The van der Waals surface area contributed by atoms with E-state index in [0.29, 0.717) is 11.4 Å². The van der Waals surface area contributed by atoms with Crippen molar-refractivity contribution >= 4 is 64.4 Å². The molecule has 0 N–H and O–H groups in total. The van der Waals surface area contributed by atoms with Gasteiger partial charge in [-0.25, -0.2) is 9.97 Å². The minimum absolute atomic E-state index is 0.682. The highest BCUT2D eigenvalue weighted by Crippen LogP contribution is 2.42. The second-order valence-electron chi connectivity index (χ2n) is 12.6. The van der Waals surface area contributed by atoms with Crippen LogP contribution in [0.15, 0.2) is 156 Å². The molecule has 0 fully saturated rings. The van der Waals surface area contributed by atoms with E-state index in [0.717, 1.165) is 55.2 Å². The van der Waals surface area contributed by atoms with E-state index in [9.17, 15) is 0 Å². The van der Waals surface area contributed by atoms with Crippen molar-refractivity contribution in [1.82, 2.24) is 9.97 Å². The standard InChI is InChI=1S/C45H28N2OS/c1-27-19-21-29(22-20-27)45-46-41(43-42(47-45)40-34-14-3-2-9-28(34)23-24-38(40)48-43)33-13-7-11-31(26-33)30-10-6-12-32(25-30)35-16-8-17-37-36-15-4-5-18-39(36)49-44(35)37/h2-26H,1H3. The second-order valence-corrected chi connectivity index (χ2v) is 13.7. The molecular weight excluding hydrogens is 617 g/mol. The number of furan rings is 1. The molecule has 0 radical (unpaired) electrons. The Morgan fingerprint density at radius 3 is 2.08 bits per heavy atom. The van der Waals surface area contributed by atoms with E-state index in [2.05, 4.69) is 153 Å². The molecule has 0 saturated heterocycles. The van der Waals surface area contributed by atoms with Gasteiger partial charge in [-0.1, -0.05) is 133 Å². The summed E-state index contributed by atoms with van der Waals surface area (Å²) in [6.45, 7) is 2.10. The Labute approximate surface area is 286 Å². The number of hydrogen-bond acceptors (Lipinski definition) is 4. The molecule has 230 valence electrons. The number of nitrogens with zero attached hydrogens (tertiary/aromatic N) is 2. The van der Waals surface area contributed by atoms with Gasteiger partial charge in [-0.05, 0) is 64.2 Å². The van der Waals surface area contributed by atoms with E-state index < -0.39 is 0 Å². The fraction of sp³-hybridized carbons (Fsp3) is 0.0222. The molecule has 10 aromatic rings. The molecule has 0 aliphatic heterocycles. The zero-order chi connectivity index (χ0) is 32.5. The first-order valence-corrected chi connectivity index (χ1v) is 17.3. The number of aromatic nitrogens is 2. The van der Waals surface area contributed by atoms with Crippen molar-refractivity contribution in [2.45, 2.75) is 6.92 Å². The van der Waals surface area contributed by atoms with Gasteiger partial charge in [-0.2, -0.15) is 0 Å². The number of rotatable bonds is 4. The van der Waals surface area contributed by atoms with Crippen LogP contribution in [0.1, 0.15) is 5.56 Å². The minimum Gasteiger partial charge on any atom is -0.452 e. The average Bonchev–Trinajstić information content (AvgIpc) is 3.74. The van der Waals surface area contributed by atoms with Gasteiger partial charge in [-0.3, -0.25) is 0 Å². The molecule has 49 heavy (non-hydrogen) atoms. The molecule has 3 nitrogen and oxygen atoms in total. The van der Waals surface area contributed by atoms with Gasteiger partial charge in [0.05, 0.1) is 5.39 Å². The predicted molar refractivity (Wildman–Crippen MR) is 206 cm³/mol. The van der Waals surface area contributed by atoms with Crippen molar-refractivity contribution < 1.29 is 4.42 Å². The fourth-order valence-electron chi connectivity index (χ4n) is 7.12. The van der Waals surface area contributed by atoms with E-state index in [4.69, 9.17) is 14.4 Å². The molecule has 0 saturated carbocycles. The summed E-state index contributed by atoms with van der Waals surface area (Å²) >= 11 is 1.86. The van der Waals surface area contributed by atoms with Gasteiger partial charge in [0.25, 0.3) is 0 Å². The van der Waals surface area contributed by atoms with Crippen LogP contribution in [0.4, 0.5) is 0 Å². The Bertz CT molecular complexity index is 2900. The summed E-state index contributed by atoms with van der Waals surface area (Å²) in [5.74, 6) is 0.682. The fourth-order valence-corrected chi connectivity index (χ4v) is 8.36. The molecule has 3 aromatic heterocycles. The first-order valence-electron chi connectivity index (χ1n) is 16.5. The van der Waals surface area contributed by atoms with Gasteiger partial charge in [0.15, 0.2) is 11.4 Å². The monoisotopic (exact) mass is 644 g/mol. The van der Waals surface area contributed by atoms with Crippen molar-refractivity contribution in [3.8, 4) is 44.9 Å². The molecule has 0 unspecified atom stereocenters. The SMILES string of the molecule is Cc1ccc(-c2nc(-c3cccc(-c4cccc(-c5cccc6c5sc5ccccc56)c4)c3)c3oc4ccc5ccccc5c4c3n2)cc1.